The number of Topliss-reactive ketones (excluding diaryl/α,β-unsaturated/α-hetero) is 1. The number of likely N-dealkylation sites (tertiary alicyclic amines) is 1. The monoisotopic (exact) mass is 211 g/mol. The zero-order chi connectivity index (χ0) is 9.87. The van der Waals surface area contributed by atoms with Crippen molar-refractivity contribution in [2.45, 2.75) is 36.3 Å². The summed E-state index contributed by atoms with van der Waals surface area (Å²) >= 11 is 2.17. The second-order valence-corrected chi connectivity index (χ2v) is 6.51. The average molecular weight is 211 g/mol. The number of carbonyl (C=O) groups excluding carboxylic acids is 1. The summed E-state index contributed by atoms with van der Waals surface area (Å²) in [5.41, 5.74) is 0. The van der Waals surface area contributed by atoms with E-state index < -0.39 is 0 Å². The van der Waals surface area contributed by atoms with Crippen LogP contribution in [0.2, 0.25) is 0 Å². The predicted molar refractivity (Wildman–Crippen MR) is 58.5 cm³/mol. The lowest BCUT2D eigenvalue weighted by atomic mass is 9.78. The predicted octanol–water partition coefficient (Wildman–Crippen LogP) is 1.40. The van der Waals surface area contributed by atoms with E-state index in [9.17, 15) is 4.79 Å². The van der Waals surface area contributed by atoms with Crippen LogP contribution in [0.4, 0.5) is 0 Å². The molecule has 0 amide bonds. The number of carbonyl (C=O) groups is 1. The second-order valence-electron chi connectivity index (χ2n) is 5.03. The maximum atomic E-state index is 11.6. The smallest absolute Gasteiger partial charge is 0.147 e. The summed E-state index contributed by atoms with van der Waals surface area (Å²) in [5, 5.41) is 1.67. The van der Waals surface area contributed by atoms with Crippen molar-refractivity contribution in [2.75, 3.05) is 13.6 Å². The minimum Gasteiger partial charge on any atom is -0.298 e. The van der Waals surface area contributed by atoms with Gasteiger partial charge in [0.15, 0.2) is 0 Å². The molecule has 0 aromatic rings. The van der Waals surface area contributed by atoms with Gasteiger partial charge in [-0.25, -0.2) is 0 Å². The molecule has 3 fully saturated rings. The van der Waals surface area contributed by atoms with Crippen LogP contribution in [0.3, 0.4) is 0 Å². The number of thioether (sulfide) groups is 1. The van der Waals surface area contributed by atoms with Crippen LogP contribution >= 0.6 is 11.8 Å². The Labute approximate surface area is 89.4 Å². The van der Waals surface area contributed by atoms with Gasteiger partial charge >= 0.3 is 0 Å². The molecule has 3 saturated heterocycles. The highest BCUT2D eigenvalue weighted by Gasteiger charge is 2.57. The van der Waals surface area contributed by atoms with Crippen molar-refractivity contribution in [3.8, 4) is 0 Å². The molecule has 3 heterocycles. The summed E-state index contributed by atoms with van der Waals surface area (Å²) in [5.74, 6) is 1.88. The maximum absolute atomic E-state index is 11.6. The highest BCUT2D eigenvalue weighted by Crippen LogP contribution is 2.57. The Morgan fingerprint density at radius 3 is 2.79 bits per heavy atom. The van der Waals surface area contributed by atoms with Gasteiger partial charge in [-0.1, -0.05) is 0 Å². The van der Waals surface area contributed by atoms with Gasteiger partial charge in [-0.2, -0.15) is 11.8 Å². The Kier molecular flexibility index (Phi) is 1.97. The lowest BCUT2D eigenvalue weighted by Crippen LogP contribution is -2.39. The summed E-state index contributed by atoms with van der Waals surface area (Å²) in [6.07, 6.45) is 2.75. The minimum atomic E-state index is 0.239. The molecule has 0 N–H and O–H groups in total. The first kappa shape index (κ1) is 9.22. The lowest BCUT2D eigenvalue weighted by Gasteiger charge is -2.26. The number of ketones is 1. The molecular weight excluding hydrogens is 194 g/mol. The van der Waals surface area contributed by atoms with E-state index in [1.165, 1.54) is 12.8 Å². The molecule has 0 aliphatic carbocycles. The van der Waals surface area contributed by atoms with E-state index in [0.717, 1.165) is 23.0 Å². The number of hydrogen-bond acceptors (Lipinski definition) is 3. The van der Waals surface area contributed by atoms with Crippen LogP contribution in [0.15, 0.2) is 0 Å². The molecular formula is C11H17NOS. The number of rotatable bonds is 1. The van der Waals surface area contributed by atoms with Crippen molar-refractivity contribution in [3.05, 3.63) is 0 Å². The third-order valence-corrected chi connectivity index (χ3v) is 6.08. The van der Waals surface area contributed by atoms with Crippen LogP contribution in [-0.4, -0.2) is 40.8 Å². The van der Waals surface area contributed by atoms with Crippen molar-refractivity contribution >= 4 is 17.5 Å². The third-order valence-electron chi connectivity index (χ3n) is 4.24. The zero-order valence-corrected chi connectivity index (χ0v) is 9.59. The van der Waals surface area contributed by atoms with Crippen LogP contribution in [0.5, 0.6) is 0 Å². The molecule has 0 spiro atoms. The SMILES string of the molecule is CC(=O)C1C2C3CCC(S3)C2CN1C. The molecule has 0 aromatic heterocycles. The molecule has 0 aromatic carbocycles. The van der Waals surface area contributed by atoms with Crippen molar-refractivity contribution in [1.82, 2.24) is 4.90 Å². The number of nitrogens with zero attached hydrogens (tertiary/aromatic N) is 1. The van der Waals surface area contributed by atoms with Gasteiger partial charge in [0, 0.05) is 17.0 Å². The molecule has 3 heteroatoms. The first-order valence-corrected chi connectivity index (χ1v) is 6.49. The Bertz CT molecular complexity index is 280. The van der Waals surface area contributed by atoms with E-state index in [1.807, 2.05) is 0 Å². The fourth-order valence-corrected chi connectivity index (χ4v) is 5.80. The summed E-state index contributed by atoms with van der Waals surface area (Å²) < 4.78 is 0. The minimum absolute atomic E-state index is 0.239. The number of hydrogen-bond donors (Lipinski definition) is 0. The summed E-state index contributed by atoms with van der Waals surface area (Å²) in [4.78, 5) is 13.9. The Hall–Kier alpha value is -0.0200. The van der Waals surface area contributed by atoms with Crippen LogP contribution < -0.4 is 0 Å². The van der Waals surface area contributed by atoms with E-state index in [1.54, 1.807) is 6.92 Å². The van der Waals surface area contributed by atoms with Crippen molar-refractivity contribution in [1.29, 1.82) is 0 Å². The fourth-order valence-electron chi connectivity index (χ4n) is 3.81. The molecule has 0 saturated carbocycles. The topological polar surface area (TPSA) is 20.3 Å². The van der Waals surface area contributed by atoms with E-state index in [2.05, 4.69) is 23.7 Å². The van der Waals surface area contributed by atoms with Gasteiger partial charge in [0.2, 0.25) is 0 Å². The van der Waals surface area contributed by atoms with Crippen molar-refractivity contribution < 1.29 is 4.79 Å². The van der Waals surface area contributed by atoms with Crippen LogP contribution in [0.1, 0.15) is 19.8 Å². The van der Waals surface area contributed by atoms with Crippen molar-refractivity contribution in [2.24, 2.45) is 11.8 Å². The highest BCUT2D eigenvalue weighted by atomic mass is 32.2. The highest BCUT2D eigenvalue weighted by molar-refractivity contribution is 8.01. The summed E-state index contributed by atoms with van der Waals surface area (Å²) in [7, 11) is 2.12. The van der Waals surface area contributed by atoms with Gasteiger partial charge in [0.05, 0.1) is 6.04 Å². The van der Waals surface area contributed by atoms with Crippen LogP contribution in [0.25, 0.3) is 0 Å². The molecule has 2 nitrogen and oxygen atoms in total. The zero-order valence-electron chi connectivity index (χ0n) is 8.77. The molecule has 3 aliphatic heterocycles. The van der Waals surface area contributed by atoms with E-state index in [-0.39, 0.29) is 6.04 Å². The lowest BCUT2D eigenvalue weighted by molar-refractivity contribution is -0.122. The quantitative estimate of drug-likeness (QED) is 0.654. The molecule has 5 atom stereocenters. The molecule has 2 bridgehead atoms. The standard InChI is InChI=1S/C11H17NOS/c1-6(13)11-10-7(5-12(11)2)8-3-4-9(10)14-8/h7-11H,3-5H2,1-2H3. The van der Waals surface area contributed by atoms with Gasteiger partial charge in [0.1, 0.15) is 5.78 Å². The largest absolute Gasteiger partial charge is 0.298 e. The molecule has 3 rings (SSSR count). The van der Waals surface area contributed by atoms with Gasteiger partial charge in [-0.15, -0.1) is 0 Å². The van der Waals surface area contributed by atoms with Crippen molar-refractivity contribution in [3.63, 3.8) is 0 Å². The molecule has 0 radical (unpaired) electrons. The molecule has 14 heavy (non-hydrogen) atoms. The number of likely N-dealkylation sites (N-methyl/N-ethyl adjacent to an activating group) is 1. The Balaban J connectivity index is 1.91. The van der Waals surface area contributed by atoms with E-state index in [4.69, 9.17) is 0 Å². The molecule has 78 valence electrons. The second kappa shape index (κ2) is 2.99. The van der Waals surface area contributed by atoms with Gasteiger partial charge < -0.3 is 0 Å². The third kappa shape index (κ3) is 1.06. The molecule has 3 aliphatic rings. The van der Waals surface area contributed by atoms with Crippen LogP contribution in [-0.2, 0) is 4.79 Å². The molecule has 5 unspecified atom stereocenters. The van der Waals surface area contributed by atoms with Gasteiger partial charge in [-0.05, 0) is 38.6 Å². The van der Waals surface area contributed by atoms with Gasteiger partial charge in [-0.3, -0.25) is 9.69 Å². The fraction of sp³-hybridized carbons (Fsp3) is 0.909. The summed E-state index contributed by atoms with van der Waals surface area (Å²) in [6.45, 7) is 2.92. The normalized spacial score (nSPS) is 51.1. The first-order valence-electron chi connectivity index (χ1n) is 5.54. The van der Waals surface area contributed by atoms with Gasteiger partial charge in [0.25, 0.3) is 0 Å². The number of fused-ring (bicyclic) bond motifs is 5. The average Bonchev–Trinajstić information content (AvgIpc) is 2.70. The first-order chi connectivity index (χ1) is 6.68. The van der Waals surface area contributed by atoms with E-state index >= 15 is 0 Å². The summed E-state index contributed by atoms with van der Waals surface area (Å²) in [6, 6.07) is 0.239. The maximum Gasteiger partial charge on any atom is 0.147 e. The Morgan fingerprint density at radius 1 is 1.36 bits per heavy atom. The van der Waals surface area contributed by atoms with E-state index in [0.29, 0.717) is 11.7 Å². The van der Waals surface area contributed by atoms with Crippen LogP contribution in [0, 0.1) is 11.8 Å². The Morgan fingerprint density at radius 2 is 2.07 bits per heavy atom.